The van der Waals surface area contributed by atoms with Gasteiger partial charge in [0.1, 0.15) is 12.2 Å². The predicted molar refractivity (Wildman–Crippen MR) is 120 cm³/mol. The molecule has 2 unspecified atom stereocenters. The minimum Gasteiger partial charge on any atom is -0.369 e. The molecular weight excluding hydrogens is 421 g/mol. The molecule has 2 fully saturated rings. The van der Waals surface area contributed by atoms with Gasteiger partial charge in [0.2, 0.25) is 0 Å². The van der Waals surface area contributed by atoms with Crippen LogP contribution in [0, 0.1) is 0 Å². The molecule has 24 heavy (non-hydrogen) atoms. The van der Waals surface area contributed by atoms with E-state index in [4.69, 9.17) is 33.9 Å². The summed E-state index contributed by atoms with van der Waals surface area (Å²) in [4.78, 5) is 0. The second-order valence-corrected chi connectivity index (χ2v) is 11.6. The Morgan fingerprint density at radius 3 is 1.67 bits per heavy atom. The predicted octanol–water partition coefficient (Wildman–Crippen LogP) is 3.16. The highest BCUT2D eigenvalue weighted by molar-refractivity contribution is 8.84. The van der Waals surface area contributed by atoms with E-state index >= 15 is 0 Å². The Balaban J connectivity index is 1.40. The largest absolute Gasteiger partial charge is 0.369 e. The van der Waals surface area contributed by atoms with Crippen LogP contribution in [0.1, 0.15) is 12.8 Å². The van der Waals surface area contributed by atoms with Crippen LogP contribution in [0.3, 0.4) is 0 Å². The van der Waals surface area contributed by atoms with Gasteiger partial charge in [-0.05, 0) is 34.4 Å². The van der Waals surface area contributed by atoms with Crippen LogP contribution in [0.25, 0.3) is 0 Å². The van der Waals surface area contributed by atoms with Gasteiger partial charge in [0.05, 0.1) is 21.6 Å². The minimum atomic E-state index is 0.0933. The molecular formula is C14H24N2O2S6. The molecule has 2 N–H and O–H groups in total. The second kappa shape index (κ2) is 13.6. The summed E-state index contributed by atoms with van der Waals surface area (Å²) in [5.74, 6) is 2.24. The standard InChI is InChI=1S/C14H24N2O2S6/c19-13(11-9-15-3-5-17-11)23-21-7-1-2-8-22-24-14(20)12-10-16-4-6-18-12/h11-12,15-16H,1-10H2. The molecule has 2 aliphatic heterocycles. The maximum atomic E-state index is 5.65. The molecule has 2 rings (SSSR count). The molecule has 2 aliphatic rings. The zero-order valence-corrected chi connectivity index (χ0v) is 18.4. The maximum Gasteiger partial charge on any atom is 0.112 e. The quantitative estimate of drug-likeness (QED) is 0.315. The lowest BCUT2D eigenvalue weighted by Gasteiger charge is -2.23. The van der Waals surface area contributed by atoms with E-state index in [1.807, 2.05) is 21.6 Å². The fourth-order valence-corrected chi connectivity index (χ4v) is 7.34. The molecule has 0 bridgehead atoms. The van der Waals surface area contributed by atoms with Crippen molar-refractivity contribution in [3.8, 4) is 0 Å². The van der Waals surface area contributed by atoms with Crippen LogP contribution >= 0.6 is 67.6 Å². The van der Waals surface area contributed by atoms with Crippen molar-refractivity contribution in [3.63, 3.8) is 0 Å². The first-order valence-corrected chi connectivity index (χ1v) is 13.5. The lowest BCUT2D eigenvalue weighted by atomic mass is 10.3. The third-order valence-electron chi connectivity index (χ3n) is 3.37. The van der Waals surface area contributed by atoms with E-state index in [-0.39, 0.29) is 12.2 Å². The van der Waals surface area contributed by atoms with Gasteiger partial charge < -0.3 is 20.1 Å². The van der Waals surface area contributed by atoms with Crippen molar-refractivity contribution in [1.82, 2.24) is 10.6 Å². The SMILES string of the molecule is S=C(SSCCCCSSC(=S)C1CNCCO1)C1CNCCO1. The molecule has 0 amide bonds. The lowest BCUT2D eigenvalue weighted by molar-refractivity contribution is 0.0743. The summed E-state index contributed by atoms with van der Waals surface area (Å²) < 4.78 is 13.2. The number of unbranched alkanes of at least 4 members (excludes halogenated alkanes) is 1. The lowest BCUT2D eigenvalue weighted by Crippen LogP contribution is -2.41. The fourth-order valence-electron chi connectivity index (χ4n) is 2.06. The Bertz CT molecular complexity index is 353. The number of hydrogen-bond donors (Lipinski definition) is 2. The molecule has 0 aromatic heterocycles. The van der Waals surface area contributed by atoms with Crippen molar-refractivity contribution >= 4 is 76.0 Å². The van der Waals surface area contributed by atoms with E-state index in [0.717, 1.165) is 59.3 Å². The van der Waals surface area contributed by atoms with E-state index < -0.39 is 0 Å². The summed E-state index contributed by atoms with van der Waals surface area (Å²) in [6, 6.07) is 0. The Kier molecular flexibility index (Phi) is 12.3. The van der Waals surface area contributed by atoms with Gasteiger partial charge in [-0.15, -0.1) is 0 Å². The number of morpholine rings is 2. The van der Waals surface area contributed by atoms with Crippen LogP contribution in [0.2, 0.25) is 0 Å². The van der Waals surface area contributed by atoms with Crippen molar-refractivity contribution in [2.75, 3.05) is 50.9 Å². The van der Waals surface area contributed by atoms with Crippen molar-refractivity contribution in [2.24, 2.45) is 0 Å². The number of ether oxygens (including phenoxy) is 2. The zero-order chi connectivity index (χ0) is 17.0. The Morgan fingerprint density at radius 1 is 0.833 bits per heavy atom. The molecule has 138 valence electrons. The van der Waals surface area contributed by atoms with Gasteiger partial charge in [-0.2, -0.15) is 0 Å². The van der Waals surface area contributed by atoms with E-state index in [2.05, 4.69) is 10.6 Å². The normalized spacial score (nSPS) is 24.7. The minimum absolute atomic E-state index is 0.0933. The van der Waals surface area contributed by atoms with Gasteiger partial charge in [-0.3, -0.25) is 0 Å². The highest BCUT2D eigenvalue weighted by Gasteiger charge is 2.19. The summed E-state index contributed by atoms with van der Waals surface area (Å²) in [5.41, 5.74) is 0. The fraction of sp³-hybridized carbons (Fsp3) is 0.857. The summed E-state index contributed by atoms with van der Waals surface area (Å²) in [6.07, 6.45) is 2.59. The van der Waals surface area contributed by atoms with Crippen LogP contribution in [0.4, 0.5) is 0 Å². The summed E-state index contributed by atoms with van der Waals surface area (Å²) in [7, 11) is 7.07. The first-order valence-electron chi connectivity index (χ1n) is 8.08. The van der Waals surface area contributed by atoms with Crippen LogP contribution in [0.15, 0.2) is 0 Å². The average molecular weight is 445 g/mol. The molecule has 0 spiro atoms. The molecule has 0 aromatic carbocycles. The van der Waals surface area contributed by atoms with E-state index in [0.29, 0.717) is 0 Å². The smallest absolute Gasteiger partial charge is 0.112 e. The topological polar surface area (TPSA) is 42.5 Å². The third-order valence-corrected chi connectivity index (χ3v) is 9.81. The molecule has 10 heteroatoms. The Hall–Kier alpha value is 1.42. The van der Waals surface area contributed by atoms with Crippen LogP contribution < -0.4 is 10.6 Å². The van der Waals surface area contributed by atoms with Crippen molar-refractivity contribution < 1.29 is 9.47 Å². The highest BCUT2D eigenvalue weighted by atomic mass is 33.1. The van der Waals surface area contributed by atoms with Gasteiger partial charge >= 0.3 is 0 Å². The van der Waals surface area contributed by atoms with Crippen LogP contribution in [-0.4, -0.2) is 71.5 Å². The molecule has 0 radical (unpaired) electrons. The van der Waals surface area contributed by atoms with Crippen molar-refractivity contribution in [3.05, 3.63) is 0 Å². The molecule has 2 saturated heterocycles. The molecule has 0 aliphatic carbocycles. The number of nitrogens with one attached hydrogen (secondary N) is 2. The van der Waals surface area contributed by atoms with Crippen LogP contribution in [-0.2, 0) is 9.47 Å². The Labute approximate surface area is 171 Å². The molecule has 2 heterocycles. The van der Waals surface area contributed by atoms with Crippen molar-refractivity contribution in [2.45, 2.75) is 25.0 Å². The molecule has 0 saturated carbocycles. The average Bonchev–Trinajstić information content (AvgIpc) is 2.65. The Morgan fingerprint density at radius 2 is 1.29 bits per heavy atom. The maximum absolute atomic E-state index is 5.65. The van der Waals surface area contributed by atoms with E-state index in [1.165, 1.54) is 12.8 Å². The monoisotopic (exact) mass is 444 g/mol. The van der Waals surface area contributed by atoms with Gasteiger partial charge in [0, 0.05) is 37.7 Å². The highest BCUT2D eigenvalue weighted by Crippen LogP contribution is 2.30. The zero-order valence-electron chi connectivity index (χ0n) is 13.5. The number of rotatable bonds is 9. The first-order chi connectivity index (χ1) is 11.8. The summed E-state index contributed by atoms with van der Waals surface area (Å²) in [6.45, 7) is 5.07. The second-order valence-electron chi connectivity index (χ2n) is 5.28. The number of hydrogen-bond acceptors (Lipinski definition) is 10. The van der Waals surface area contributed by atoms with E-state index in [1.54, 1.807) is 21.6 Å². The van der Waals surface area contributed by atoms with Gasteiger partial charge in [0.25, 0.3) is 0 Å². The van der Waals surface area contributed by atoms with Gasteiger partial charge in [-0.25, -0.2) is 0 Å². The third kappa shape index (κ3) is 8.88. The molecule has 0 aromatic rings. The molecule has 2 atom stereocenters. The van der Waals surface area contributed by atoms with E-state index in [9.17, 15) is 0 Å². The van der Waals surface area contributed by atoms with Crippen molar-refractivity contribution in [1.29, 1.82) is 0 Å². The van der Waals surface area contributed by atoms with Crippen LogP contribution in [0.5, 0.6) is 0 Å². The first kappa shape index (κ1) is 21.7. The summed E-state index contributed by atoms with van der Waals surface area (Å²) in [5, 5.41) is 6.62. The molecule has 4 nitrogen and oxygen atoms in total. The van der Waals surface area contributed by atoms with Gasteiger partial charge in [0.15, 0.2) is 0 Å². The summed E-state index contributed by atoms with van der Waals surface area (Å²) >= 11 is 10.8. The van der Waals surface area contributed by atoms with Gasteiger partial charge in [-0.1, -0.05) is 46.0 Å². The number of thiocarbonyl (C=S) groups is 2.